The largest absolute Gasteiger partial charge is 0.322 e. The number of rotatable bonds is 3. The molecule has 0 atom stereocenters. The summed E-state index contributed by atoms with van der Waals surface area (Å²) < 4.78 is 1.93. The Balaban J connectivity index is 1.65. The van der Waals surface area contributed by atoms with Crippen LogP contribution in [0, 0.1) is 20.8 Å². The minimum absolute atomic E-state index is 0.128. The smallest absolute Gasteiger partial charge is 0.255 e. The number of pyridine rings is 1. The van der Waals surface area contributed by atoms with Gasteiger partial charge in [-0.1, -0.05) is 48.0 Å². The molecule has 0 bridgehead atoms. The molecular weight excluding hydrogens is 334 g/mol. The van der Waals surface area contributed by atoms with Crippen LogP contribution in [0.1, 0.15) is 27.0 Å². The third kappa shape index (κ3) is 3.34. The van der Waals surface area contributed by atoms with Crippen LogP contribution in [0.15, 0.2) is 67.0 Å². The molecule has 2 aromatic carbocycles. The first kappa shape index (κ1) is 17.0. The molecule has 0 aliphatic rings. The van der Waals surface area contributed by atoms with E-state index < -0.39 is 0 Å². The van der Waals surface area contributed by atoms with E-state index in [2.05, 4.69) is 29.4 Å². The van der Waals surface area contributed by atoms with Gasteiger partial charge in [-0.05, 0) is 44.0 Å². The molecule has 4 aromatic rings. The van der Waals surface area contributed by atoms with Gasteiger partial charge < -0.3 is 9.72 Å². The molecule has 0 aliphatic carbocycles. The molecular formula is C23H21N3O. The lowest BCUT2D eigenvalue weighted by Crippen LogP contribution is -2.14. The maximum absolute atomic E-state index is 12.8. The van der Waals surface area contributed by atoms with Crippen molar-refractivity contribution in [3.63, 3.8) is 0 Å². The first-order chi connectivity index (χ1) is 13.0. The summed E-state index contributed by atoms with van der Waals surface area (Å²) in [6, 6.07) is 17.8. The van der Waals surface area contributed by atoms with E-state index in [1.165, 1.54) is 5.56 Å². The molecule has 0 unspecified atom stereocenters. The number of aromatic nitrogens is 2. The molecule has 0 saturated carbocycles. The summed E-state index contributed by atoms with van der Waals surface area (Å²) in [4.78, 5) is 17.4. The average molecular weight is 355 g/mol. The topological polar surface area (TPSA) is 46.4 Å². The Labute approximate surface area is 158 Å². The summed E-state index contributed by atoms with van der Waals surface area (Å²) in [5.41, 5.74) is 7.47. The van der Waals surface area contributed by atoms with Crippen LogP contribution in [0.25, 0.3) is 16.9 Å². The summed E-state index contributed by atoms with van der Waals surface area (Å²) in [7, 11) is 0. The Morgan fingerprint density at radius 1 is 0.963 bits per heavy atom. The number of fused-ring (bicyclic) bond motifs is 1. The van der Waals surface area contributed by atoms with E-state index in [-0.39, 0.29) is 5.91 Å². The van der Waals surface area contributed by atoms with E-state index in [1.807, 2.05) is 73.1 Å². The molecule has 0 spiro atoms. The molecule has 0 aliphatic heterocycles. The monoisotopic (exact) mass is 355 g/mol. The predicted octanol–water partition coefficient (Wildman–Crippen LogP) is 5.18. The molecule has 134 valence electrons. The zero-order chi connectivity index (χ0) is 19.0. The second kappa shape index (κ2) is 6.72. The standard InChI is InChI=1S/C23H21N3O/c1-15-11-16(2)22(17(3)12-15)25-23(27)19-9-10-26-14-20(24-21(26)13-19)18-7-5-4-6-8-18/h4-14H,1-3H3,(H,25,27). The number of aryl methyl sites for hydroxylation is 3. The molecule has 4 nitrogen and oxygen atoms in total. The van der Waals surface area contributed by atoms with Crippen LogP contribution in [-0.4, -0.2) is 15.3 Å². The number of carbonyl (C=O) groups excluding carboxylic acids is 1. The molecule has 4 rings (SSSR count). The molecule has 0 saturated heterocycles. The SMILES string of the molecule is Cc1cc(C)c(NC(=O)c2ccn3cc(-c4ccccc4)nc3c2)c(C)c1. The lowest BCUT2D eigenvalue weighted by atomic mass is 10.0. The van der Waals surface area contributed by atoms with Crippen molar-refractivity contribution in [1.29, 1.82) is 0 Å². The van der Waals surface area contributed by atoms with Crippen LogP contribution in [-0.2, 0) is 0 Å². The van der Waals surface area contributed by atoms with Gasteiger partial charge in [-0.15, -0.1) is 0 Å². The van der Waals surface area contributed by atoms with E-state index in [4.69, 9.17) is 0 Å². The van der Waals surface area contributed by atoms with Crippen molar-refractivity contribution in [2.75, 3.05) is 5.32 Å². The molecule has 1 N–H and O–H groups in total. The fraction of sp³-hybridized carbons (Fsp3) is 0.130. The first-order valence-electron chi connectivity index (χ1n) is 8.94. The second-order valence-electron chi connectivity index (χ2n) is 6.90. The summed E-state index contributed by atoms with van der Waals surface area (Å²) in [5, 5.41) is 3.05. The van der Waals surface area contributed by atoms with Gasteiger partial charge >= 0.3 is 0 Å². The quantitative estimate of drug-likeness (QED) is 0.550. The Bertz CT molecular complexity index is 1120. The normalized spacial score (nSPS) is 10.9. The highest BCUT2D eigenvalue weighted by molar-refractivity contribution is 6.05. The van der Waals surface area contributed by atoms with Crippen LogP contribution < -0.4 is 5.32 Å². The number of hydrogen-bond acceptors (Lipinski definition) is 2. The predicted molar refractivity (Wildman–Crippen MR) is 109 cm³/mol. The van der Waals surface area contributed by atoms with Crippen LogP contribution >= 0.6 is 0 Å². The fourth-order valence-electron chi connectivity index (χ4n) is 3.43. The van der Waals surface area contributed by atoms with Crippen LogP contribution in [0.4, 0.5) is 5.69 Å². The molecule has 0 radical (unpaired) electrons. The van der Waals surface area contributed by atoms with Crippen molar-refractivity contribution < 1.29 is 4.79 Å². The lowest BCUT2D eigenvalue weighted by Gasteiger charge is -2.13. The van der Waals surface area contributed by atoms with E-state index >= 15 is 0 Å². The van der Waals surface area contributed by atoms with E-state index in [9.17, 15) is 4.79 Å². The highest BCUT2D eigenvalue weighted by atomic mass is 16.1. The maximum Gasteiger partial charge on any atom is 0.255 e. The Kier molecular flexibility index (Phi) is 4.24. The Morgan fingerprint density at radius 3 is 2.37 bits per heavy atom. The number of imidazole rings is 1. The summed E-state index contributed by atoms with van der Waals surface area (Å²) >= 11 is 0. The van der Waals surface area contributed by atoms with Gasteiger partial charge in [0.15, 0.2) is 0 Å². The third-order valence-corrected chi connectivity index (χ3v) is 4.71. The Morgan fingerprint density at radius 2 is 1.67 bits per heavy atom. The highest BCUT2D eigenvalue weighted by Gasteiger charge is 2.12. The number of amides is 1. The van der Waals surface area contributed by atoms with Gasteiger partial charge in [0.25, 0.3) is 5.91 Å². The molecule has 2 aromatic heterocycles. The number of carbonyl (C=O) groups is 1. The van der Waals surface area contributed by atoms with Crippen LogP contribution in [0.5, 0.6) is 0 Å². The summed E-state index contributed by atoms with van der Waals surface area (Å²) in [5.74, 6) is -0.128. The number of benzene rings is 2. The van der Waals surface area contributed by atoms with E-state index in [0.29, 0.717) is 5.56 Å². The van der Waals surface area contributed by atoms with Crippen molar-refractivity contribution >= 4 is 17.2 Å². The van der Waals surface area contributed by atoms with Crippen molar-refractivity contribution in [1.82, 2.24) is 9.38 Å². The van der Waals surface area contributed by atoms with Gasteiger partial charge in [-0.2, -0.15) is 0 Å². The van der Waals surface area contributed by atoms with Gasteiger partial charge in [0.05, 0.1) is 5.69 Å². The molecule has 1 amide bonds. The van der Waals surface area contributed by atoms with E-state index in [0.717, 1.165) is 33.7 Å². The number of nitrogens with zero attached hydrogens (tertiary/aromatic N) is 2. The van der Waals surface area contributed by atoms with Gasteiger partial charge in [0.2, 0.25) is 0 Å². The first-order valence-corrected chi connectivity index (χ1v) is 8.94. The minimum atomic E-state index is -0.128. The second-order valence-corrected chi connectivity index (χ2v) is 6.90. The average Bonchev–Trinajstić information content (AvgIpc) is 3.08. The van der Waals surface area contributed by atoms with Crippen LogP contribution in [0.3, 0.4) is 0 Å². The molecule has 0 fully saturated rings. The fourth-order valence-corrected chi connectivity index (χ4v) is 3.43. The lowest BCUT2D eigenvalue weighted by molar-refractivity contribution is 0.102. The zero-order valence-corrected chi connectivity index (χ0v) is 15.7. The minimum Gasteiger partial charge on any atom is -0.322 e. The van der Waals surface area contributed by atoms with Gasteiger partial charge in [-0.25, -0.2) is 4.98 Å². The molecule has 2 heterocycles. The van der Waals surface area contributed by atoms with Gasteiger partial charge in [0, 0.05) is 29.2 Å². The number of hydrogen-bond donors (Lipinski definition) is 1. The third-order valence-electron chi connectivity index (χ3n) is 4.71. The van der Waals surface area contributed by atoms with Crippen molar-refractivity contribution in [3.8, 4) is 11.3 Å². The summed E-state index contributed by atoms with van der Waals surface area (Å²) in [6.07, 6.45) is 3.85. The van der Waals surface area contributed by atoms with Crippen LogP contribution in [0.2, 0.25) is 0 Å². The summed E-state index contributed by atoms with van der Waals surface area (Å²) in [6.45, 7) is 6.08. The number of nitrogens with one attached hydrogen (secondary N) is 1. The van der Waals surface area contributed by atoms with E-state index in [1.54, 1.807) is 0 Å². The van der Waals surface area contributed by atoms with Crippen molar-refractivity contribution in [2.45, 2.75) is 20.8 Å². The molecule has 27 heavy (non-hydrogen) atoms. The maximum atomic E-state index is 12.8. The Hall–Kier alpha value is -3.40. The van der Waals surface area contributed by atoms with Crippen molar-refractivity contribution in [2.24, 2.45) is 0 Å². The van der Waals surface area contributed by atoms with Gasteiger partial charge in [-0.3, -0.25) is 4.79 Å². The highest BCUT2D eigenvalue weighted by Crippen LogP contribution is 2.23. The van der Waals surface area contributed by atoms with Crippen molar-refractivity contribution in [3.05, 3.63) is 89.2 Å². The number of anilines is 1. The molecule has 4 heteroatoms. The zero-order valence-electron chi connectivity index (χ0n) is 15.7. The van der Waals surface area contributed by atoms with Gasteiger partial charge in [0.1, 0.15) is 5.65 Å².